The summed E-state index contributed by atoms with van der Waals surface area (Å²) in [4.78, 5) is 14.2. The van der Waals surface area contributed by atoms with Crippen LogP contribution in [0.15, 0.2) is 24.3 Å². The number of carbonyl (C=O) groups excluding carboxylic acids is 1. The van der Waals surface area contributed by atoms with Gasteiger partial charge in [-0.3, -0.25) is 4.79 Å². The minimum Gasteiger partial charge on any atom is -0.493 e. The van der Waals surface area contributed by atoms with Crippen molar-refractivity contribution in [2.45, 2.75) is 38.1 Å². The molecule has 0 atom stereocenters. The first-order valence-electron chi connectivity index (χ1n) is 8.28. The van der Waals surface area contributed by atoms with Gasteiger partial charge in [0.2, 0.25) is 5.91 Å². The van der Waals surface area contributed by atoms with Crippen LogP contribution in [0, 0.1) is 11.3 Å². The first-order chi connectivity index (χ1) is 11.7. The van der Waals surface area contributed by atoms with Gasteiger partial charge in [0.25, 0.3) is 0 Å². The van der Waals surface area contributed by atoms with Gasteiger partial charge in [-0.05, 0) is 36.6 Å². The third-order valence-corrected chi connectivity index (χ3v) is 4.37. The highest BCUT2D eigenvalue weighted by molar-refractivity contribution is 5.91. The molecule has 1 aromatic carbocycles. The highest BCUT2D eigenvalue weighted by Crippen LogP contribution is 2.28. The fourth-order valence-electron chi connectivity index (χ4n) is 2.95. The van der Waals surface area contributed by atoms with Crippen LogP contribution in [-0.4, -0.2) is 37.6 Å². The largest absolute Gasteiger partial charge is 0.493 e. The molecular formula is C19H24N2O3. The Hall–Kier alpha value is -2.48. The first-order valence-corrected chi connectivity index (χ1v) is 8.28. The van der Waals surface area contributed by atoms with Crippen LogP contribution in [0.25, 0.3) is 6.08 Å². The summed E-state index contributed by atoms with van der Waals surface area (Å²) in [6.45, 7) is -0.0315. The summed E-state index contributed by atoms with van der Waals surface area (Å²) in [6, 6.07) is 7.64. The fraction of sp³-hybridized carbons (Fsp3) is 0.474. The number of amides is 1. The fourth-order valence-corrected chi connectivity index (χ4v) is 2.95. The Morgan fingerprint density at radius 3 is 2.75 bits per heavy atom. The second-order valence-corrected chi connectivity index (χ2v) is 5.93. The van der Waals surface area contributed by atoms with E-state index in [-0.39, 0.29) is 12.5 Å². The molecule has 0 unspecified atom stereocenters. The van der Waals surface area contributed by atoms with Crippen LogP contribution in [0.5, 0.6) is 11.5 Å². The van der Waals surface area contributed by atoms with Crippen molar-refractivity contribution in [1.82, 2.24) is 4.90 Å². The average molecular weight is 328 g/mol. The lowest BCUT2D eigenvalue weighted by molar-refractivity contribution is -0.127. The summed E-state index contributed by atoms with van der Waals surface area (Å²) in [5.41, 5.74) is 0.849. The Morgan fingerprint density at radius 1 is 1.33 bits per heavy atom. The molecule has 2 rings (SSSR count). The van der Waals surface area contributed by atoms with Crippen molar-refractivity contribution in [2.75, 3.05) is 20.8 Å². The third kappa shape index (κ3) is 4.76. The van der Waals surface area contributed by atoms with E-state index in [1.807, 2.05) is 24.1 Å². The van der Waals surface area contributed by atoms with E-state index in [1.165, 1.54) is 19.3 Å². The van der Waals surface area contributed by atoms with E-state index in [1.54, 1.807) is 31.4 Å². The Bertz CT molecular complexity index is 628. The quantitative estimate of drug-likeness (QED) is 0.751. The second-order valence-electron chi connectivity index (χ2n) is 5.93. The van der Waals surface area contributed by atoms with Crippen LogP contribution in [0.1, 0.15) is 37.7 Å². The van der Waals surface area contributed by atoms with Crippen LogP contribution in [0.4, 0.5) is 0 Å². The Balaban J connectivity index is 2.02. The van der Waals surface area contributed by atoms with E-state index < -0.39 is 0 Å². The molecule has 24 heavy (non-hydrogen) atoms. The summed E-state index contributed by atoms with van der Waals surface area (Å²) < 4.78 is 10.6. The van der Waals surface area contributed by atoms with E-state index in [0.717, 1.165) is 18.4 Å². The Labute approximate surface area is 143 Å². The van der Waals surface area contributed by atoms with Crippen molar-refractivity contribution in [3.63, 3.8) is 0 Å². The first kappa shape index (κ1) is 17.9. The molecule has 5 nitrogen and oxygen atoms in total. The number of nitrogens with zero attached hydrogens (tertiary/aromatic N) is 2. The van der Waals surface area contributed by atoms with Crippen LogP contribution >= 0.6 is 0 Å². The molecule has 1 fully saturated rings. The molecule has 1 aliphatic rings. The number of hydrogen-bond donors (Lipinski definition) is 0. The lowest BCUT2D eigenvalue weighted by atomic mass is 9.94. The van der Waals surface area contributed by atoms with E-state index in [4.69, 9.17) is 14.7 Å². The molecular weight excluding hydrogens is 304 g/mol. The molecule has 0 bridgehead atoms. The number of rotatable bonds is 6. The van der Waals surface area contributed by atoms with Gasteiger partial charge < -0.3 is 14.4 Å². The summed E-state index contributed by atoms with van der Waals surface area (Å²) in [5.74, 6) is 1.08. The second kappa shape index (κ2) is 8.97. The summed E-state index contributed by atoms with van der Waals surface area (Å²) in [7, 11) is 3.42. The van der Waals surface area contributed by atoms with E-state index in [2.05, 4.69) is 0 Å². The van der Waals surface area contributed by atoms with Crippen LogP contribution in [0.2, 0.25) is 0 Å². The molecule has 1 aromatic rings. The molecule has 0 radical (unpaired) electrons. The lowest BCUT2D eigenvalue weighted by Gasteiger charge is -2.30. The highest BCUT2D eigenvalue weighted by Gasteiger charge is 2.20. The topological polar surface area (TPSA) is 62.6 Å². The van der Waals surface area contributed by atoms with Crippen molar-refractivity contribution in [1.29, 1.82) is 5.26 Å². The smallest absolute Gasteiger partial charge is 0.246 e. The van der Waals surface area contributed by atoms with Gasteiger partial charge in [-0.15, -0.1) is 0 Å². The maximum Gasteiger partial charge on any atom is 0.246 e. The third-order valence-electron chi connectivity index (χ3n) is 4.37. The summed E-state index contributed by atoms with van der Waals surface area (Å²) >= 11 is 0. The number of carbonyl (C=O) groups is 1. The van der Waals surface area contributed by atoms with Gasteiger partial charge in [-0.2, -0.15) is 5.26 Å². The molecule has 5 heteroatoms. The zero-order chi connectivity index (χ0) is 17.4. The SMILES string of the molecule is COc1cc(/C=C/C(=O)N(C)C2CCCCC2)ccc1OCC#N. The van der Waals surface area contributed by atoms with Gasteiger partial charge in [0.1, 0.15) is 6.07 Å². The summed E-state index contributed by atoms with van der Waals surface area (Å²) in [5, 5.41) is 8.58. The number of methoxy groups -OCH3 is 1. The predicted octanol–water partition coefficient (Wildman–Crippen LogP) is 3.40. The van der Waals surface area contributed by atoms with Crippen molar-refractivity contribution < 1.29 is 14.3 Å². The monoisotopic (exact) mass is 328 g/mol. The van der Waals surface area contributed by atoms with Crippen LogP contribution < -0.4 is 9.47 Å². The Kier molecular flexibility index (Phi) is 6.68. The molecule has 1 aliphatic carbocycles. The average Bonchev–Trinajstić information content (AvgIpc) is 2.64. The van der Waals surface area contributed by atoms with Gasteiger partial charge in [0, 0.05) is 19.2 Å². The number of likely N-dealkylation sites (N-methyl/N-ethyl adjacent to an activating group) is 1. The molecule has 0 saturated heterocycles. The van der Waals surface area contributed by atoms with E-state index in [0.29, 0.717) is 17.5 Å². The normalized spacial score (nSPS) is 15.0. The lowest BCUT2D eigenvalue weighted by Crippen LogP contribution is -2.37. The van der Waals surface area contributed by atoms with E-state index >= 15 is 0 Å². The van der Waals surface area contributed by atoms with Gasteiger partial charge in [-0.25, -0.2) is 0 Å². The molecule has 0 aromatic heterocycles. The molecule has 1 amide bonds. The maximum atomic E-state index is 12.3. The van der Waals surface area contributed by atoms with Gasteiger partial charge in [0.15, 0.2) is 18.1 Å². The highest BCUT2D eigenvalue weighted by atomic mass is 16.5. The number of benzene rings is 1. The van der Waals surface area contributed by atoms with E-state index in [9.17, 15) is 4.79 Å². The molecule has 0 aliphatic heterocycles. The molecule has 0 spiro atoms. The van der Waals surface area contributed by atoms with Crippen molar-refractivity contribution in [3.8, 4) is 17.6 Å². The predicted molar refractivity (Wildman–Crippen MR) is 92.8 cm³/mol. The maximum absolute atomic E-state index is 12.3. The zero-order valence-corrected chi connectivity index (χ0v) is 14.3. The number of hydrogen-bond acceptors (Lipinski definition) is 4. The summed E-state index contributed by atoms with van der Waals surface area (Å²) in [6.07, 6.45) is 9.23. The molecule has 0 heterocycles. The van der Waals surface area contributed by atoms with Gasteiger partial charge in [-0.1, -0.05) is 25.3 Å². The van der Waals surface area contributed by atoms with Crippen molar-refractivity contribution in [3.05, 3.63) is 29.8 Å². The van der Waals surface area contributed by atoms with Gasteiger partial charge in [0.05, 0.1) is 7.11 Å². The van der Waals surface area contributed by atoms with Gasteiger partial charge >= 0.3 is 0 Å². The number of nitriles is 1. The zero-order valence-electron chi connectivity index (χ0n) is 14.3. The molecule has 0 N–H and O–H groups in total. The van der Waals surface area contributed by atoms with Crippen LogP contribution in [-0.2, 0) is 4.79 Å². The number of ether oxygens (including phenoxy) is 2. The molecule has 128 valence electrons. The minimum absolute atomic E-state index is 0.0191. The molecule has 1 saturated carbocycles. The Morgan fingerprint density at radius 2 is 2.08 bits per heavy atom. The minimum atomic E-state index is -0.0315. The van der Waals surface area contributed by atoms with Crippen molar-refractivity contribution in [2.24, 2.45) is 0 Å². The van der Waals surface area contributed by atoms with Crippen LogP contribution in [0.3, 0.4) is 0 Å². The standard InChI is InChI=1S/C19H24N2O3/c1-21(16-6-4-3-5-7-16)19(22)11-9-15-8-10-17(24-13-12-20)18(14-15)23-2/h8-11,14,16H,3-7,13H2,1-2H3/b11-9+. The van der Waals surface area contributed by atoms with Crippen molar-refractivity contribution >= 4 is 12.0 Å².